The van der Waals surface area contributed by atoms with Gasteiger partial charge in [0.05, 0.1) is 9.09 Å². The molecule has 1 aromatic carbocycles. The van der Waals surface area contributed by atoms with Gasteiger partial charge in [0.15, 0.2) is 6.29 Å². The molecular weight excluding hydrogens is 267 g/mol. The lowest BCUT2D eigenvalue weighted by Gasteiger charge is -2.04. The van der Waals surface area contributed by atoms with Crippen molar-refractivity contribution in [2.75, 3.05) is 6.26 Å². The predicted octanol–water partition coefficient (Wildman–Crippen LogP) is 1.63. The quantitative estimate of drug-likeness (QED) is 0.507. The van der Waals surface area contributed by atoms with Crippen molar-refractivity contribution in [3.05, 3.63) is 35.2 Å². The number of benzene rings is 1. The summed E-state index contributed by atoms with van der Waals surface area (Å²) in [6, 6.07) is 8.86. The highest BCUT2D eigenvalue weighted by atomic mass is 32.2. The maximum Gasteiger partial charge on any atom is 0.488 e. The number of hydrogen-bond acceptors (Lipinski definition) is 5. The van der Waals surface area contributed by atoms with Crippen molar-refractivity contribution in [2.24, 2.45) is 0 Å². The van der Waals surface area contributed by atoms with Crippen molar-refractivity contribution >= 4 is 42.0 Å². The van der Waals surface area contributed by atoms with Crippen LogP contribution in [0.4, 0.5) is 0 Å². The number of carbonyl (C=O) groups is 1. The van der Waals surface area contributed by atoms with Crippen molar-refractivity contribution in [3.63, 3.8) is 0 Å². The summed E-state index contributed by atoms with van der Waals surface area (Å²) < 4.78 is 1.04. The van der Waals surface area contributed by atoms with Gasteiger partial charge in [0.1, 0.15) is 0 Å². The molecule has 92 valence electrons. The van der Waals surface area contributed by atoms with Crippen LogP contribution in [-0.4, -0.2) is 29.7 Å². The minimum absolute atomic E-state index is 0.443. The molecule has 2 N–H and O–H groups in total. The highest BCUT2D eigenvalue weighted by Gasteiger charge is 2.14. The Hall–Kier alpha value is -1.08. The Morgan fingerprint density at radius 1 is 1.33 bits per heavy atom. The van der Waals surface area contributed by atoms with E-state index in [2.05, 4.69) is 0 Å². The van der Waals surface area contributed by atoms with E-state index in [0.29, 0.717) is 10.3 Å². The first-order valence-corrected chi connectivity index (χ1v) is 7.29. The van der Waals surface area contributed by atoms with E-state index in [0.717, 1.165) is 21.6 Å². The first-order valence-electron chi connectivity index (χ1n) is 5.25. The maximum atomic E-state index is 10.8. The van der Waals surface area contributed by atoms with Crippen molar-refractivity contribution in [2.45, 2.75) is 4.21 Å². The van der Waals surface area contributed by atoms with Crippen LogP contribution in [0.1, 0.15) is 9.67 Å². The fourth-order valence-corrected chi connectivity index (χ4v) is 3.41. The Kier molecular flexibility index (Phi) is 4.24. The van der Waals surface area contributed by atoms with Crippen molar-refractivity contribution in [3.8, 4) is 11.1 Å². The van der Waals surface area contributed by atoms with E-state index in [1.54, 1.807) is 30.0 Å². The molecule has 0 aliphatic rings. The molecular formula is C12H11BO3S2. The summed E-state index contributed by atoms with van der Waals surface area (Å²) in [4.78, 5) is 11.5. The highest BCUT2D eigenvalue weighted by Crippen LogP contribution is 2.36. The lowest BCUT2D eigenvalue weighted by molar-refractivity contribution is 0.112. The second kappa shape index (κ2) is 5.71. The van der Waals surface area contributed by atoms with E-state index in [1.807, 2.05) is 18.4 Å². The topological polar surface area (TPSA) is 57.5 Å². The molecule has 1 aromatic heterocycles. The molecule has 2 rings (SSSR count). The van der Waals surface area contributed by atoms with Crippen LogP contribution in [0.2, 0.25) is 0 Å². The summed E-state index contributed by atoms with van der Waals surface area (Å²) in [7, 11) is -1.48. The summed E-state index contributed by atoms with van der Waals surface area (Å²) in [5.41, 5.74) is 2.28. The average Bonchev–Trinajstić information content (AvgIpc) is 2.82. The van der Waals surface area contributed by atoms with E-state index in [-0.39, 0.29) is 0 Å². The van der Waals surface area contributed by atoms with Gasteiger partial charge in [-0.1, -0.05) is 24.3 Å². The van der Waals surface area contributed by atoms with E-state index in [1.165, 1.54) is 11.3 Å². The number of thiophene rings is 1. The van der Waals surface area contributed by atoms with Crippen LogP contribution in [-0.2, 0) is 0 Å². The lowest BCUT2D eigenvalue weighted by Crippen LogP contribution is -2.29. The Morgan fingerprint density at radius 2 is 2.11 bits per heavy atom. The predicted molar refractivity (Wildman–Crippen MR) is 76.7 cm³/mol. The number of aldehydes is 1. The lowest BCUT2D eigenvalue weighted by atomic mass is 9.79. The molecule has 0 saturated heterocycles. The van der Waals surface area contributed by atoms with Crippen LogP contribution in [0.3, 0.4) is 0 Å². The van der Waals surface area contributed by atoms with Gasteiger partial charge in [-0.15, -0.1) is 23.1 Å². The maximum absolute atomic E-state index is 10.8. The van der Waals surface area contributed by atoms with Gasteiger partial charge in [0.25, 0.3) is 0 Å². The Labute approximate surface area is 114 Å². The minimum atomic E-state index is -1.48. The van der Waals surface area contributed by atoms with Crippen LogP contribution in [0.15, 0.2) is 34.5 Å². The molecule has 3 nitrogen and oxygen atoms in total. The Bertz CT molecular complexity index is 566. The summed E-state index contributed by atoms with van der Waals surface area (Å²) in [5.74, 6) is 0. The van der Waals surface area contributed by atoms with Gasteiger partial charge in [0.2, 0.25) is 0 Å². The fraction of sp³-hybridized carbons (Fsp3) is 0.0833. The monoisotopic (exact) mass is 278 g/mol. The molecule has 0 saturated carbocycles. The molecule has 0 atom stereocenters. The molecule has 18 heavy (non-hydrogen) atoms. The van der Waals surface area contributed by atoms with E-state index < -0.39 is 7.12 Å². The second-order valence-corrected chi connectivity index (χ2v) is 5.83. The van der Waals surface area contributed by atoms with Gasteiger partial charge in [-0.05, 0) is 23.3 Å². The molecule has 1 heterocycles. The van der Waals surface area contributed by atoms with Crippen molar-refractivity contribution < 1.29 is 14.8 Å². The van der Waals surface area contributed by atoms with Gasteiger partial charge in [-0.2, -0.15) is 0 Å². The van der Waals surface area contributed by atoms with Gasteiger partial charge in [-0.3, -0.25) is 4.79 Å². The van der Waals surface area contributed by atoms with Gasteiger partial charge < -0.3 is 10.0 Å². The zero-order valence-corrected chi connectivity index (χ0v) is 11.3. The first-order chi connectivity index (χ1) is 8.65. The number of rotatable bonds is 4. The zero-order chi connectivity index (χ0) is 13.1. The molecule has 0 amide bonds. The number of carbonyl (C=O) groups excluding carboxylic acids is 1. The first kappa shape index (κ1) is 13.4. The third-order valence-electron chi connectivity index (χ3n) is 2.51. The number of hydrogen-bond donors (Lipinski definition) is 2. The molecule has 0 spiro atoms. The van der Waals surface area contributed by atoms with E-state index >= 15 is 0 Å². The van der Waals surface area contributed by atoms with Gasteiger partial charge in [0, 0.05) is 5.56 Å². The summed E-state index contributed by atoms with van der Waals surface area (Å²) in [6.45, 7) is 0. The molecule has 0 aliphatic carbocycles. The molecule has 0 radical (unpaired) electrons. The summed E-state index contributed by atoms with van der Waals surface area (Å²) >= 11 is 3.01. The summed E-state index contributed by atoms with van der Waals surface area (Å²) in [6.07, 6.45) is 2.79. The third-order valence-corrected chi connectivity index (χ3v) is 4.71. The molecule has 0 bridgehead atoms. The standard InChI is InChI=1S/C12H11BO3S2/c1-17-12-11(6-10(7-14)18-12)8-3-2-4-9(5-8)13(15)16/h2-7,15-16H,1H3. The molecule has 6 heteroatoms. The van der Waals surface area contributed by atoms with E-state index in [4.69, 9.17) is 10.0 Å². The normalized spacial score (nSPS) is 10.4. The fourth-order valence-electron chi connectivity index (χ4n) is 1.67. The minimum Gasteiger partial charge on any atom is -0.423 e. The molecule has 0 unspecified atom stereocenters. The van der Waals surface area contributed by atoms with Gasteiger partial charge >= 0.3 is 7.12 Å². The molecule has 0 aliphatic heterocycles. The highest BCUT2D eigenvalue weighted by molar-refractivity contribution is 8.00. The van der Waals surface area contributed by atoms with Crippen LogP contribution in [0, 0.1) is 0 Å². The van der Waals surface area contributed by atoms with Crippen molar-refractivity contribution in [1.29, 1.82) is 0 Å². The smallest absolute Gasteiger partial charge is 0.423 e. The van der Waals surface area contributed by atoms with Crippen molar-refractivity contribution in [1.82, 2.24) is 0 Å². The molecule has 0 fully saturated rings. The molecule has 2 aromatic rings. The average molecular weight is 278 g/mol. The summed E-state index contributed by atoms with van der Waals surface area (Å²) in [5, 5.41) is 18.3. The Balaban J connectivity index is 2.50. The van der Waals surface area contributed by atoms with Crippen LogP contribution >= 0.6 is 23.1 Å². The second-order valence-electron chi connectivity index (χ2n) is 3.67. The Morgan fingerprint density at radius 3 is 2.72 bits per heavy atom. The zero-order valence-electron chi connectivity index (χ0n) is 9.66. The van der Waals surface area contributed by atoms with E-state index in [9.17, 15) is 4.79 Å². The van der Waals surface area contributed by atoms with Crippen LogP contribution in [0.5, 0.6) is 0 Å². The SMILES string of the molecule is CSc1sc(C=O)cc1-c1cccc(B(O)O)c1. The van der Waals surface area contributed by atoms with Crippen LogP contribution < -0.4 is 5.46 Å². The number of thioether (sulfide) groups is 1. The van der Waals surface area contributed by atoms with Crippen LogP contribution in [0.25, 0.3) is 11.1 Å². The largest absolute Gasteiger partial charge is 0.488 e. The third kappa shape index (κ3) is 2.67. The van der Waals surface area contributed by atoms with Gasteiger partial charge in [-0.25, -0.2) is 0 Å².